The fraction of sp³-hybridized carbons (Fsp3) is 0.571. The second kappa shape index (κ2) is 10.0. The summed E-state index contributed by atoms with van der Waals surface area (Å²) in [6, 6.07) is 10.4. The third-order valence-electron chi connectivity index (χ3n) is 8.41. The molecule has 1 aromatic heterocycles. The average molecular weight is 556 g/mol. The van der Waals surface area contributed by atoms with Gasteiger partial charge in [0.1, 0.15) is 11.6 Å². The van der Waals surface area contributed by atoms with E-state index in [0.29, 0.717) is 42.3 Å². The Labute approximate surface area is 230 Å². The van der Waals surface area contributed by atoms with Crippen LogP contribution in [0.5, 0.6) is 0 Å². The van der Waals surface area contributed by atoms with E-state index < -0.39 is 15.6 Å². The molecule has 1 spiro atoms. The number of sulfonamides is 1. The van der Waals surface area contributed by atoms with Crippen LogP contribution in [-0.4, -0.2) is 77.0 Å². The van der Waals surface area contributed by atoms with Crippen LogP contribution in [0.2, 0.25) is 0 Å². The predicted molar refractivity (Wildman–Crippen MR) is 149 cm³/mol. The maximum Gasteiger partial charge on any atom is 0.258 e. The van der Waals surface area contributed by atoms with Gasteiger partial charge in [0.25, 0.3) is 5.91 Å². The number of piperidine rings is 1. The van der Waals surface area contributed by atoms with Crippen molar-refractivity contribution < 1.29 is 22.7 Å². The minimum atomic E-state index is -3.79. The molecular formula is C28H37N5O5S. The Hall–Kier alpha value is -2.73. The van der Waals surface area contributed by atoms with E-state index in [1.165, 1.54) is 18.9 Å². The lowest BCUT2D eigenvalue weighted by atomic mass is 9.93. The number of ether oxygens (including phenoxy) is 2. The molecule has 39 heavy (non-hydrogen) atoms. The first-order valence-corrected chi connectivity index (χ1v) is 15.3. The van der Waals surface area contributed by atoms with Gasteiger partial charge in [0.15, 0.2) is 0 Å². The summed E-state index contributed by atoms with van der Waals surface area (Å²) < 4.78 is 40.2. The van der Waals surface area contributed by atoms with Gasteiger partial charge < -0.3 is 24.6 Å². The molecule has 11 heteroatoms. The van der Waals surface area contributed by atoms with Crippen LogP contribution in [0.1, 0.15) is 49.9 Å². The van der Waals surface area contributed by atoms with Crippen molar-refractivity contribution in [1.29, 1.82) is 0 Å². The maximum atomic E-state index is 13.6. The van der Waals surface area contributed by atoms with Crippen LogP contribution in [0.4, 0.5) is 17.3 Å². The summed E-state index contributed by atoms with van der Waals surface area (Å²) in [6.45, 7) is 8.24. The van der Waals surface area contributed by atoms with E-state index in [2.05, 4.69) is 24.8 Å². The van der Waals surface area contributed by atoms with Gasteiger partial charge in [-0.2, -0.15) is 0 Å². The van der Waals surface area contributed by atoms with Gasteiger partial charge in [-0.3, -0.25) is 4.79 Å². The number of nitrogens with one attached hydrogen (secondary N) is 2. The summed E-state index contributed by atoms with van der Waals surface area (Å²) in [7, 11) is -3.79. The molecule has 3 saturated heterocycles. The number of nitrogens with zero attached hydrogens (tertiary/aromatic N) is 3. The third kappa shape index (κ3) is 5.63. The lowest BCUT2D eigenvalue weighted by Gasteiger charge is -2.38. The quantitative estimate of drug-likeness (QED) is 0.536. The van der Waals surface area contributed by atoms with Gasteiger partial charge in [0, 0.05) is 26.2 Å². The molecule has 2 aromatic rings. The molecule has 1 aromatic carbocycles. The Bertz CT molecular complexity index is 1350. The Morgan fingerprint density at radius 3 is 2.49 bits per heavy atom. The Balaban J connectivity index is 1.26. The minimum absolute atomic E-state index is 0.115. The Kier molecular flexibility index (Phi) is 6.81. The van der Waals surface area contributed by atoms with Gasteiger partial charge >= 0.3 is 0 Å². The number of aromatic nitrogens is 1. The number of carbonyl (C=O) groups is 1. The summed E-state index contributed by atoms with van der Waals surface area (Å²) in [5.41, 5.74) is 0.905. The molecule has 0 bridgehead atoms. The maximum absolute atomic E-state index is 13.6. The number of carbonyl (C=O) groups excluding carboxylic acids is 1. The van der Waals surface area contributed by atoms with Gasteiger partial charge in [0.2, 0.25) is 10.0 Å². The summed E-state index contributed by atoms with van der Waals surface area (Å²) in [5.74, 6) is 0.928. The molecule has 4 heterocycles. The second-order valence-electron chi connectivity index (χ2n) is 11.8. The van der Waals surface area contributed by atoms with Gasteiger partial charge in [-0.05, 0) is 75.3 Å². The topological polar surface area (TPSA) is 113 Å². The van der Waals surface area contributed by atoms with Gasteiger partial charge in [-0.1, -0.05) is 6.07 Å². The number of rotatable bonds is 7. The van der Waals surface area contributed by atoms with Crippen molar-refractivity contribution in [2.75, 3.05) is 61.1 Å². The van der Waals surface area contributed by atoms with Crippen LogP contribution in [-0.2, 0) is 19.5 Å². The zero-order valence-corrected chi connectivity index (χ0v) is 23.4. The standard InChI is InChI=1S/C28H37N5O5S/c1-20-17-33(14-15-38-20)25-5-3-4-24(29-25)30-26(34)22-7-6-21(39(35,36)31-27(2)18-37-19-27)16-23(22)32-12-10-28(8-9-28)11-13-32/h3-7,16,20,31H,8-15,17-19H2,1-2H3,(H,29,30,34)/t20-/m1/s1. The molecule has 4 fully saturated rings. The van der Waals surface area contributed by atoms with Crippen molar-refractivity contribution in [3.8, 4) is 0 Å². The highest BCUT2D eigenvalue weighted by atomic mass is 32.2. The van der Waals surface area contributed by atoms with Gasteiger partial charge in [-0.25, -0.2) is 18.1 Å². The highest BCUT2D eigenvalue weighted by Crippen LogP contribution is 2.54. The zero-order valence-electron chi connectivity index (χ0n) is 22.6. The normalized spacial score (nSPS) is 23.8. The largest absolute Gasteiger partial charge is 0.377 e. The number of anilines is 3. The van der Waals surface area contributed by atoms with E-state index in [1.54, 1.807) is 18.2 Å². The highest BCUT2D eigenvalue weighted by molar-refractivity contribution is 7.89. The summed E-state index contributed by atoms with van der Waals surface area (Å²) in [6.07, 6.45) is 4.75. The molecule has 0 radical (unpaired) electrons. The van der Waals surface area contributed by atoms with Crippen LogP contribution in [0.15, 0.2) is 41.3 Å². The van der Waals surface area contributed by atoms with Crippen LogP contribution in [0.25, 0.3) is 0 Å². The van der Waals surface area contributed by atoms with Crippen molar-refractivity contribution in [3.63, 3.8) is 0 Å². The number of amides is 1. The molecule has 1 amide bonds. The molecule has 1 atom stereocenters. The van der Waals surface area contributed by atoms with E-state index in [9.17, 15) is 13.2 Å². The minimum Gasteiger partial charge on any atom is -0.377 e. The molecule has 0 unspecified atom stereocenters. The van der Waals surface area contributed by atoms with Crippen LogP contribution < -0.4 is 19.8 Å². The molecule has 6 rings (SSSR count). The predicted octanol–water partition coefficient (Wildman–Crippen LogP) is 3.01. The molecule has 4 aliphatic rings. The van der Waals surface area contributed by atoms with Crippen LogP contribution in [0, 0.1) is 5.41 Å². The Morgan fingerprint density at radius 1 is 1.05 bits per heavy atom. The number of hydrogen-bond donors (Lipinski definition) is 2. The SMILES string of the molecule is C[C@@H]1CN(c2cccc(NC(=O)c3ccc(S(=O)(=O)NC4(C)COC4)cc3N3CCC4(CC3)CC4)n2)CCO1. The molecule has 2 N–H and O–H groups in total. The van der Waals surface area contributed by atoms with Crippen molar-refractivity contribution in [2.24, 2.45) is 5.41 Å². The molecule has 3 aliphatic heterocycles. The molecule has 1 aliphatic carbocycles. The second-order valence-corrected chi connectivity index (χ2v) is 13.5. The van der Waals surface area contributed by atoms with Crippen molar-refractivity contribution in [2.45, 2.75) is 56.1 Å². The van der Waals surface area contributed by atoms with E-state index in [0.717, 1.165) is 44.8 Å². The van der Waals surface area contributed by atoms with Crippen LogP contribution >= 0.6 is 0 Å². The molecule has 10 nitrogen and oxygen atoms in total. The van der Waals surface area contributed by atoms with Crippen molar-refractivity contribution >= 4 is 33.3 Å². The van der Waals surface area contributed by atoms with E-state index in [4.69, 9.17) is 9.47 Å². The van der Waals surface area contributed by atoms with Gasteiger partial charge in [-0.15, -0.1) is 0 Å². The fourth-order valence-electron chi connectivity index (χ4n) is 5.76. The zero-order chi connectivity index (χ0) is 27.3. The first-order chi connectivity index (χ1) is 18.6. The fourth-order valence-corrected chi connectivity index (χ4v) is 7.16. The lowest BCUT2D eigenvalue weighted by Crippen LogP contribution is -2.59. The third-order valence-corrected chi connectivity index (χ3v) is 10.0. The number of pyridine rings is 1. The number of benzene rings is 1. The van der Waals surface area contributed by atoms with Crippen molar-refractivity contribution in [1.82, 2.24) is 9.71 Å². The Morgan fingerprint density at radius 2 is 1.82 bits per heavy atom. The monoisotopic (exact) mass is 555 g/mol. The summed E-state index contributed by atoms with van der Waals surface area (Å²) in [4.78, 5) is 22.8. The van der Waals surface area contributed by atoms with E-state index >= 15 is 0 Å². The first kappa shape index (κ1) is 26.5. The summed E-state index contributed by atoms with van der Waals surface area (Å²) >= 11 is 0. The van der Waals surface area contributed by atoms with Crippen molar-refractivity contribution in [3.05, 3.63) is 42.0 Å². The lowest BCUT2D eigenvalue weighted by molar-refractivity contribution is -0.0523. The first-order valence-electron chi connectivity index (χ1n) is 13.8. The number of morpholine rings is 1. The van der Waals surface area contributed by atoms with Crippen LogP contribution in [0.3, 0.4) is 0 Å². The average Bonchev–Trinajstić information content (AvgIpc) is 3.66. The molecular weight excluding hydrogens is 518 g/mol. The number of hydrogen-bond acceptors (Lipinski definition) is 8. The van der Waals surface area contributed by atoms with Gasteiger partial charge in [0.05, 0.1) is 47.6 Å². The summed E-state index contributed by atoms with van der Waals surface area (Å²) in [5, 5.41) is 2.96. The molecule has 1 saturated carbocycles. The van der Waals surface area contributed by atoms with E-state index in [-0.39, 0.29) is 16.9 Å². The highest BCUT2D eigenvalue weighted by Gasteiger charge is 2.45. The smallest absolute Gasteiger partial charge is 0.258 e. The van der Waals surface area contributed by atoms with E-state index in [1.807, 2.05) is 26.0 Å². The molecule has 210 valence electrons.